The third kappa shape index (κ3) is 9.29. The Labute approximate surface area is 216 Å². The Hall–Kier alpha value is -3.82. The van der Waals surface area contributed by atoms with Crippen LogP contribution in [-0.2, 0) is 28.7 Å². The summed E-state index contributed by atoms with van der Waals surface area (Å²) < 4.78 is 10.3. The topological polar surface area (TPSA) is 202 Å². The molecule has 2 rings (SSSR count). The maximum absolute atomic E-state index is 12.6. The molecule has 0 fully saturated rings. The molecule has 1 aromatic heterocycles. The number of ether oxygens (including phenoxy) is 2. The van der Waals surface area contributed by atoms with Crippen molar-refractivity contribution in [2.24, 2.45) is 5.73 Å². The highest BCUT2D eigenvalue weighted by Crippen LogP contribution is 2.24. The molecule has 6 N–H and O–H groups in total. The molecule has 0 aliphatic rings. The number of rotatable bonds is 13. The van der Waals surface area contributed by atoms with Gasteiger partial charge in [0, 0.05) is 13.0 Å². The van der Waals surface area contributed by atoms with E-state index in [9.17, 15) is 29.2 Å². The van der Waals surface area contributed by atoms with Crippen LogP contribution in [0.1, 0.15) is 26.7 Å². The van der Waals surface area contributed by atoms with E-state index in [1.54, 1.807) is 31.5 Å². The zero-order chi connectivity index (χ0) is 27.4. The largest absolute Gasteiger partial charge is 0.465 e. The van der Waals surface area contributed by atoms with E-state index in [2.05, 4.69) is 20.9 Å². The van der Waals surface area contributed by atoms with Gasteiger partial charge in [-0.2, -0.15) is 5.06 Å². The Morgan fingerprint density at radius 3 is 2.57 bits per heavy atom. The quantitative estimate of drug-likeness (QED) is 0.132. The summed E-state index contributed by atoms with van der Waals surface area (Å²) in [5, 5.41) is 17.8. The fourth-order valence-corrected chi connectivity index (χ4v) is 3.71. The van der Waals surface area contributed by atoms with E-state index in [-0.39, 0.29) is 38.3 Å². The van der Waals surface area contributed by atoms with Gasteiger partial charge in [0.1, 0.15) is 18.6 Å². The molecule has 0 saturated heterocycles. The molecule has 0 aliphatic carbocycles. The zero-order valence-corrected chi connectivity index (χ0v) is 21.2. The fourth-order valence-electron chi connectivity index (χ4n) is 3.00. The van der Waals surface area contributed by atoms with Crippen LogP contribution in [0.2, 0.25) is 0 Å². The van der Waals surface area contributed by atoms with E-state index in [0.717, 1.165) is 4.70 Å². The number of nitrogens with two attached hydrogens (primary N) is 1. The number of hydroxylamine groups is 1. The maximum Gasteiger partial charge on any atom is 0.325 e. The molecule has 0 saturated carbocycles. The lowest BCUT2D eigenvalue weighted by molar-refractivity contribution is -0.144. The molecule has 0 radical (unpaired) electrons. The molecule has 1 aromatic carbocycles. The van der Waals surface area contributed by atoms with Crippen LogP contribution in [0.25, 0.3) is 10.2 Å². The number of amides is 4. The second-order valence-electron chi connectivity index (χ2n) is 7.54. The van der Waals surface area contributed by atoms with Gasteiger partial charge in [-0.1, -0.05) is 0 Å². The number of benzene rings is 1. The van der Waals surface area contributed by atoms with Crippen LogP contribution in [0.3, 0.4) is 0 Å². The van der Waals surface area contributed by atoms with Crippen molar-refractivity contribution in [2.45, 2.75) is 38.8 Å². The monoisotopic (exact) mass is 538 g/mol. The van der Waals surface area contributed by atoms with Crippen LogP contribution >= 0.6 is 11.3 Å². The molecular weight excluding hydrogens is 508 g/mol. The number of nitrogens with zero attached hydrogens (tertiary/aromatic N) is 2. The number of fused-ring (bicyclic) bond motifs is 1. The summed E-state index contributed by atoms with van der Waals surface area (Å²) in [7, 11) is 0. The van der Waals surface area contributed by atoms with Crippen LogP contribution in [-0.4, -0.2) is 78.4 Å². The van der Waals surface area contributed by atoms with Gasteiger partial charge in [-0.25, -0.2) is 9.78 Å². The lowest BCUT2D eigenvalue weighted by atomic mass is 10.1. The molecule has 202 valence electrons. The number of hydrogen-bond acceptors (Lipinski definition) is 11. The Balaban J connectivity index is 2.00. The molecule has 0 aliphatic heterocycles. The lowest BCUT2D eigenvalue weighted by Gasteiger charge is -2.20. The maximum atomic E-state index is 12.6. The van der Waals surface area contributed by atoms with Gasteiger partial charge in [-0.05, 0) is 38.5 Å². The van der Waals surface area contributed by atoms with Crippen molar-refractivity contribution in [3.63, 3.8) is 0 Å². The zero-order valence-electron chi connectivity index (χ0n) is 20.4. The molecule has 37 heavy (non-hydrogen) atoms. The van der Waals surface area contributed by atoms with Crippen LogP contribution in [0.5, 0.6) is 0 Å². The van der Waals surface area contributed by atoms with Crippen LogP contribution in [0, 0.1) is 0 Å². The minimum atomic E-state index is -1.27. The predicted molar refractivity (Wildman–Crippen MR) is 133 cm³/mol. The van der Waals surface area contributed by atoms with Crippen molar-refractivity contribution in [1.82, 2.24) is 20.9 Å². The number of carbonyl (C=O) groups excluding carboxylic acids is 5. The Morgan fingerprint density at radius 1 is 1.14 bits per heavy atom. The number of thiazole rings is 1. The van der Waals surface area contributed by atoms with Gasteiger partial charge >= 0.3 is 18.0 Å². The number of hydrogen-bond donors (Lipinski definition) is 5. The smallest absolute Gasteiger partial charge is 0.325 e. The van der Waals surface area contributed by atoms with Gasteiger partial charge in [-0.3, -0.25) is 24.4 Å². The van der Waals surface area contributed by atoms with Gasteiger partial charge in [-0.15, -0.1) is 11.3 Å². The van der Waals surface area contributed by atoms with Gasteiger partial charge in [0.25, 0.3) is 5.91 Å². The average Bonchev–Trinajstić information content (AvgIpc) is 3.35. The van der Waals surface area contributed by atoms with E-state index in [4.69, 9.17) is 15.2 Å². The van der Waals surface area contributed by atoms with Gasteiger partial charge < -0.3 is 31.2 Å². The van der Waals surface area contributed by atoms with E-state index >= 15 is 0 Å². The van der Waals surface area contributed by atoms with Crippen molar-refractivity contribution < 1.29 is 38.7 Å². The molecular formula is C22H30N6O8S. The van der Waals surface area contributed by atoms with Crippen LogP contribution < -0.4 is 26.7 Å². The van der Waals surface area contributed by atoms with Gasteiger partial charge in [0.2, 0.25) is 5.91 Å². The summed E-state index contributed by atoms with van der Waals surface area (Å²) >= 11 is 1.34. The lowest BCUT2D eigenvalue weighted by Crippen LogP contribution is -2.53. The van der Waals surface area contributed by atoms with Crippen molar-refractivity contribution in [1.29, 1.82) is 0 Å². The van der Waals surface area contributed by atoms with Gasteiger partial charge in [0.05, 0.1) is 34.6 Å². The second-order valence-corrected chi connectivity index (χ2v) is 8.42. The van der Waals surface area contributed by atoms with E-state index in [1.807, 2.05) is 0 Å². The SMILES string of the molecule is CCOC(=O)CNC(=O)[C@H](CCC(=O)N(O)c1ccc2ncsc2c1)NC(=O)NC[C@H](N)C(=O)OCC. The minimum Gasteiger partial charge on any atom is -0.465 e. The van der Waals surface area contributed by atoms with Crippen LogP contribution in [0.15, 0.2) is 23.7 Å². The van der Waals surface area contributed by atoms with Crippen molar-refractivity contribution >= 4 is 57.0 Å². The number of aromatic nitrogens is 1. The van der Waals surface area contributed by atoms with Gasteiger partial charge in [0.15, 0.2) is 0 Å². The highest BCUT2D eigenvalue weighted by atomic mass is 32.1. The normalized spacial score (nSPS) is 12.2. The highest BCUT2D eigenvalue weighted by Gasteiger charge is 2.25. The standard InChI is InChI=1S/C22H30N6O8S/c1-3-35-19(30)11-24-20(31)16(27-22(33)25-10-14(23)21(32)36-4-2)7-8-18(29)28(34)13-5-6-15-17(9-13)37-12-26-15/h5-6,9,12,14,16,34H,3-4,7-8,10-11,23H2,1-2H3,(H,24,31)(H2,25,27,33)/t14-,16-/m0/s1. The minimum absolute atomic E-state index is 0.119. The number of carbonyl (C=O) groups is 5. The third-order valence-corrected chi connectivity index (χ3v) is 5.64. The van der Waals surface area contributed by atoms with Crippen LogP contribution in [0.4, 0.5) is 10.5 Å². The van der Waals surface area contributed by atoms with Crippen molar-refractivity contribution in [2.75, 3.05) is 31.4 Å². The Kier molecular flexibility index (Phi) is 11.7. The summed E-state index contributed by atoms with van der Waals surface area (Å²) in [6.45, 7) is 2.73. The van der Waals surface area contributed by atoms with E-state index < -0.39 is 48.4 Å². The summed E-state index contributed by atoms with van der Waals surface area (Å²) in [5.74, 6) is -2.90. The van der Waals surface area contributed by atoms with E-state index in [0.29, 0.717) is 10.6 Å². The van der Waals surface area contributed by atoms with E-state index in [1.165, 1.54) is 17.4 Å². The molecule has 14 nitrogen and oxygen atoms in total. The van der Waals surface area contributed by atoms with Crippen molar-refractivity contribution in [3.8, 4) is 0 Å². The molecule has 0 bridgehead atoms. The molecule has 0 unspecified atom stereocenters. The summed E-state index contributed by atoms with van der Waals surface area (Å²) in [6.07, 6.45) is -0.554. The van der Waals surface area contributed by atoms with Crippen molar-refractivity contribution in [3.05, 3.63) is 23.7 Å². The predicted octanol–water partition coefficient (Wildman–Crippen LogP) is 0.0362. The number of esters is 2. The number of nitrogens with one attached hydrogen (secondary N) is 3. The Morgan fingerprint density at radius 2 is 1.86 bits per heavy atom. The molecule has 4 amide bonds. The summed E-state index contributed by atoms with van der Waals surface area (Å²) in [5.41, 5.74) is 8.20. The molecule has 2 aromatic rings. The first-order chi connectivity index (χ1) is 17.7. The second kappa shape index (κ2) is 14.7. The first-order valence-corrected chi connectivity index (χ1v) is 12.3. The molecule has 2 atom stereocenters. The Bertz CT molecular complexity index is 1110. The molecule has 1 heterocycles. The molecule has 0 spiro atoms. The third-order valence-electron chi connectivity index (χ3n) is 4.85. The first kappa shape index (κ1) is 29.4. The molecule has 15 heteroatoms. The number of urea groups is 1. The first-order valence-electron chi connectivity index (χ1n) is 11.4. The number of anilines is 1. The average molecular weight is 539 g/mol. The fraction of sp³-hybridized carbons (Fsp3) is 0.455. The summed E-state index contributed by atoms with van der Waals surface area (Å²) in [4.78, 5) is 64.9. The highest BCUT2D eigenvalue weighted by molar-refractivity contribution is 7.16. The summed E-state index contributed by atoms with van der Waals surface area (Å²) in [6, 6.07) is 1.52.